The number of nitrogens with one attached hydrogen (secondary N) is 3. The minimum Gasteiger partial charge on any atom is -0.382 e. The summed E-state index contributed by atoms with van der Waals surface area (Å²) in [5.74, 6) is -0.378. The summed E-state index contributed by atoms with van der Waals surface area (Å²) in [6.07, 6.45) is 8.14. The molecular weight excluding hydrogens is 753 g/mol. The van der Waals surface area contributed by atoms with E-state index in [1.807, 2.05) is 36.3 Å². The van der Waals surface area contributed by atoms with E-state index in [0.717, 1.165) is 99.2 Å². The fourth-order valence-electron chi connectivity index (χ4n) is 9.84. The average Bonchev–Trinajstić information content (AvgIpc) is 3.97. The number of piperidine rings is 3. The smallest absolute Gasteiger partial charge is 0.320 e. The Morgan fingerprint density at radius 2 is 1.73 bits per heavy atom. The standard InChI is InChI=1S/C42H48N12O5/c1-50-17-18-54(42(50)58)28-3-2-14-52(23-28)33-20-45-38(39(43)56)40(47-33)46-25-4-6-26(7-5-25)51-15-11-27(12-16-51)53-21-24(22-53)31-19-32-35(29-10-13-44-36(29)31)37(49-59-32)30-8-9-34(55)48-41(30)57/h4-7,10,13,19-20,24,27-28,30,49H,2-3,8-9,11-12,14-18,21-23H2,1H3,(H2,43,56)(H,46,47)(H,48,55,57)/t28-,30?/m1/s1. The number of aromatic nitrogens is 4. The molecule has 306 valence electrons. The van der Waals surface area contributed by atoms with E-state index in [4.69, 9.17) is 20.2 Å². The van der Waals surface area contributed by atoms with Crippen LogP contribution in [-0.2, 0) is 9.59 Å². The predicted molar refractivity (Wildman–Crippen MR) is 221 cm³/mol. The summed E-state index contributed by atoms with van der Waals surface area (Å²) >= 11 is 0. The maximum atomic E-state index is 12.7. The van der Waals surface area contributed by atoms with E-state index in [1.54, 1.807) is 11.1 Å². The van der Waals surface area contributed by atoms with Crippen LogP contribution in [0.15, 0.2) is 53.3 Å². The lowest BCUT2D eigenvalue weighted by Crippen LogP contribution is -2.54. The number of carbonyl (C=O) groups is 4. The number of rotatable bonds is 9. The summed E-state index contributed by atoms with van der Waals surface area (Å²) < 4.78 is 5.94. The molecule has 0 aliphatic carbocycles. The van der Waals surface area contributed by atoms with Crippen molar-refractivity contribution < 1.29 is 23.7 Å². The number of hydrogen-bond donors (Lipinski definition) is 4. The Morgan fingerprint density at radius 1 is 0.915 bits per heavy atom. The van der Waals surface area contributed by atoms with Crippen LogP contribution in [0.25, 0.3) is 21.9 Å². The van der Waals surface area contributed by atoms with Gasteiger partial charge >= 0.3 is 6.03 Å². The number of likely N-dealkylation sites (N-methyl/N-ethyl adjacent to an activating group) is 1. The molecule has 0 radical (unpaired) electrons. The van der Waals surface area contributed by atoms with Gasteiger partial charge in [0.15, 0.2) is 17.1 Å². The second-order valence-electron chi connectivity index (χ2n) is 16.6. The number of carbonyl (C=O) groups excluding carboxylic acids is 4. The van der Waals surface area contributed by atoms with Crippen molar-refractivity contribution in [2.45, 2.75) is 62.4 Å². The van der Waals surface area contributed by atoms with Gasteiger partial charge in [0.25, 0.3) is 5.91 Å². The first-order chi connectivity index (χ1) is 28.7. The van der Waals surface area contributed by atoms with Gasteiger partial charge in [-0.1, -0.05) is 0 Å². The van der Waals surface area contributed by atoms with Crippen molar-refractivity contribution in [1.29, 1.82) is 0 Å². The van der Waals surface area contributed by atoms with Crippen molar-refractivity contribution >= 4 is 68.6 Å². The van der Waals surface area contributed by atoms with Crippen LogP contribution in [0.4, 0.5) is 27.8 Å². The van der Waals surface area contributed by atoms with E-state index in [9.17, 15) is 19.2 Å². The molecule has 5 aliphatic rings. The van der Waals surface area contributed by atoms with Crippen LogP contribution in [-0.4, -0.2) is 130 Å². The van der Waals surface area contributed by atoms with Crippen LogP contribution >= 0.6 is 0 Å². The predicted octanol–water partition coefficient (Wildman–Crippen LogP) is 3.87. The number of benzene rings is 2. The summed E-state index contributed by atoms with van der Waals surface area (Å²) in [6, 6.07) is 12.9. The number of primary amides is 1. The lowest BCUT2D eigenvalue weighted by Gasteiger charge is -2.47. The zero-order chi connectivity index (χ0) is 40.4. The van der Waals surface area contributed by atoms with Crippen molar-refractivity contribution in [2.24, 2.45) is 5.73 Å². The van der Waals surface area contributed by atoms with Gasteiger partial charge in [-0.3, -0.25) is 29.6 Å². The maximum absolute atomic E-state index is 12.7. The quantitative estimate of drug-likeness (QED) is 0.157. The number of imide groups is 1. The third-order valence-corrected chi connectivity index (χ3v) is 13.1. The third-order valence-electron chi connectivity index (χ3n) is 13.1. The highest BCUT2D eigenvalue weighted by molar-refractivity contribution is 6.10. The molecule has 0 bridgehead atoms. The molecular formula is C42H48N12O5. The molecule has 17 heteroatoms. The Labute approximate surface area is 340 Å². The molecule has 5 saturated heterocycles. The van der Waals surface area contributed by atoms with E-state index < -0.39 is 11.8 Å². The molecule has 0 spiro atoms. The van der Waals surface area contributed by atoms with Gasteiger partial charge in [-0.15, -0.1) is 0 Å². The van der Waals surface area contributed by atoms with Crippen molar-refractivity contribution in [3.05, 3.63) is 65.7 Å². The van der Waals surface area contributed by atoms with Crippen LogP contribution in [0.1, 0.15) is 72.1 Å². The topological polar surface area (TPSA) is 202 Å². The Morgan fingerprint density at radius 3 is 2.47 bits per heavy atom. The highest BCUT2D eigenvalue weighted by Crippen LogP contribution is 2.41. The number of nitrogens with two attached hydrogens (primary N) is 1. The first-order valence-corrected chi connectivity index (χ1v) is 20.7. The van der Waals surface area contributed by atoms with Crippen molar-refractivity contribution in [3.8, 4) is 0 Å². The molecule has 0 saturated carbocycles. The number of anilines is 4. The largest absolute Gasteiger partial charge is 0.382 e. The van der Waals surface area contributed by atoms with Gasteiger partial charge in [-0.05, 0) is 74.1 Å². The molecule has 5 fully saturated rings. The Kier molecular flexibility index (Phi) is 9.33. The van der Waals surface area contributed by atoms with Crippen molar-refractivity contribution in [1.82, 2.24) is 40.1 Å². The molecule has 17 nitrogen and oxygen atoms in total. The molecule has 10 rings (SSSR count). The van der Waals surface area contributed by atoms with E-state index in [0.29, 0.717) is 54.3 Å². The van der Waals surface area contributed by atoms with E-state index in [-0.39, 0.29) is 29.6 Å². The maximum Gasteiger partial charge on any atom is 0.320 e. The van der Waals surface area contributed by atoms with Crippen LogP contribution in [0, 0.1) is 0 Å². The summed E-state index contributed by atoms with van der Waals surface area (Å²) in [6.45, 7) is 6.69. The number of urea groups is 1. The van der Waals surface area contributed by atoms with Gasteiger partial charge in [0, 0.05) is 101 Å². The number of hydrogen-bond acceptors (Lipinski definition) is 12. The van der Waals surface area contributed by atoms with Crippen LogP contribution in [0.5, 0.6) is 0 Å². The minimum absolute atomic E-state index is 0.0651. The Bertz CT molecular complexity index is 2450. The molecule has 2 atom stereocenters. The number of aromatic amines is 1. The molecule has 5 N–H and O–H groups in total. The highest BCUT2D eigenvalue weighted by atomic mass is 16.5. The van der Waals surface area contributed by atoms with Gasteiger partial charge in [0.2, 0.25) is 11.8 Å². The fourth-order valence-corrected chi connectivity index (χ4v) is 9.84. The highest BCUT2D eigenvalue weighted by Gasteiger charge is 2.38. The van der Waals surface area contributed by atoms with E-state index in [2.05, 4.69) is 53.7 Å². The summed E-state index contributed by atoms with van der Waals surface area (Å²) in [5.41, 5.74) is 11.2. The summed E-state index contributed by atoms with van der Waals surface area (Å²) in [5, 5.41) is 10.6. The van der Waals surface area contributed by atoms with Crippen LogP contribution < -0.4 is 26.2 Å². The lowest BCUT2D eigenvalue weighted by atomic mass is 9.85. The SMILES string of the molecule is CN1CCN([C@@H]2CCCN(c3cnc(C(N)=O)c(Nc4ccc(N5CCC(N6CC(c7cc8o[nH]c(C9CCC(=O)NC9=O)c8c8ccnc78)C6)CC5)cc4)n3)C2)C1=O. The molecule has 1 unspecified atom stereocenters. The van der Waals surface area contributed by atoms with E-state index >= 15 is 0 Å². The second-order valence-corrected chi connectivity index (χ2v) is 16.6. The van der Waals surface area contributed by atoms with Crippen LogP contribution in [0.3, 0.4) is 0 Å². The first-order valence-electron chi connectivity index (χ1n) is 20.7. The molecule has 5 aliphatic heterocycles. The Balaban J connectivity index is 0.758. The first kappa shape index (κ1) is 37.1. The number of fused-ring (bicyclic) bond motifs is 3. The number of nitrogens with zero attached hydrogens (tertiary/aromatic N) is 8. The normalized spacial score (nSPS) is 22.4. The molecule has 5 aromatic rings. The third kappa shape index (κ3) is 6.76. The van der Waals surface area contributed by atoms with E-state index in [1.165, 1.54) is 5.56 Å². The molecule has 2 aromatic carbocycles. The summed E-state index contributed by atoms with van der Waals surface area (Å²) in [4.78, 5) is 74.4. The zero-order valence-corrected chi connectivity index (χ0v) is 33.0. The number of amides is 5. The lowest BCUT2D eigenvalue weighted by molar-refractivity contribution is -0.134. The van der Waals surface area contributed by atoms with Crippen LogP contribution in [0.2, 0.25) is 0 Å². The minimum atomic E-state index is -0.657. The monoisotopic (exact) mass is 800 g/mol. The van der Waals surface area contributed by atoms with Crippen molar-refractivity contribution in [3.63, 3.8) is 0 Å². The summed E-state index contributed by atoms with van der Waals surface area (Å²) in [7, 11) is 1.84. The Hall–Kier alpha value is -6.23. The van der Waals surface area contributed by atoms with Gasteiger partial charge in [-0.2, -0.15) is 0 Å². The molecule has 59 heavy (non-hydrogen) atoms. The molecule has 5 amide bonds. The number of likely N-dealkylation sites (tertiary alicyclic amines) is 1. The molecule has 8 heterocycles. The van der Waals surface area contributed by atoms with Gasteiger partial charge in [0.05, 0.1) is 34.8 Å². The molecule has 3 aromatic heterocycles. The fraction of sp³-hybridized carbons (Fsp3) is 0.452. The number of H-pyrrole nitrogens is 1. The second kappa shape index (κ2) is 14.9. The zero-order valence-electron chi connectivity index (χ0n) is 33.0. The van der Waals surface area contributed by atoms with Gasteiger partial charge < -0.3 is 35.2 Å². The van der Waals surface area contributed by atoms with Crippen molar-refractivity contribution in [2.75, 3.05) is 74.5 Å². The average molecular weight is 801 g/mol. The van der Waals surface area contributed by atoms with Gasteiger partial charge in [-0.25, -0.2) is 19.9 Å². The van der Waals surface area contributed by atoms with Gasteiger partial charge in [0.1, 0.15) is 5.82 Å².